The van der Waals surface area contributed by atoms with Crippen LogP contribution in [0.5, 0.6) is 0 Å². The first-order valence-corrected chi connectivity index (χ1v) is 8.51. The van der Waals surface area contributed by atoms with E-state index < -0.39 is 0 Å². The van der Waals surface area contributed by atoms with Crippen LogP contribution >= 0.6 is 40.1 Å². The minimum atomic E-state index is 0. The van der Waals surface area contributed by atoms with Crippen LogP contribution in [0, 0.1) is 0 Å². The summed E-state index contributed by atoms with van der Waals surface area (Å²) >= 11 is 5.33. The van der Waals surface area contributed by atoms with Crippen LogP contribution in [0.1, 0.15) is 12.0 Å². The summed E-state index contributed by atoms with van der Waals surface area (Å²) in [5.41, 5.74) is 1.25. The van der Waals surface area contributed by atoms with Gasteiger partial charge in [0.15, 0.2) is 0 Å². The fourth-order valence-corrected chi connectivity index (χ4v) is 3.26. The summed E-state index contributed by atoms with van der Waals surface area (Å²) in [7, 11) is 0. The Morgan fingerprint density at radius 2 is 2.15 bits per heavy atom. The van der Waals surface area contributed by atoms with Crippen LogP contribution in [0.2, 0.25) is 0 Å². The van der Waals surface area contributed by atoms with Crippen molar-refractivity contribution in [1.29, 1.82) is 0 Å². The SMILES string of the molecule is Cl.O=C(CC1CSCCN1)NCCc1ccc(Br)cc1. The molecular formula is C14H20BrClN2OS. The number of carbonyl (C=O) groups excluding carboxylic acids is 1. The molecule has 1 heterocycles. The zero-order chi connectivity index (χ0) is 13.5. The van der Waals surface area contributed by atoms with E-state index in [-0.39, 0.29) is 18.3 Å². The fraction of sp³-hybridized carbons (Fsp3) is 0.500. The fourth-order valence-electron chi connectivity index (χ4n) is 2.04. The van der Waals surface area contributed by atoms with Gasteiger partial charge in [0, 0.05) is 41.5 Å². The van der Waals surface area contributed by atoms with E-state index in [1.807, 2.05) is 23.9 Å². The van der Waals surface area contributed by atoms with Crippen LogP contribution in [0.3, 0.4) is 0 Å². The van der Waals surface area contributed by atoms with Crippen LogP contribution in [-0.2, 0) is 11.2 Å². The summed E-state index contributed by atoms with van der Waals surface area (Å²) < 4.78 is 1.08. The Labute approximate surface area is 139 Å². The molecule has 2 rings (SSSR count). The topological polar surface area (TPSA) is 41.1 Å². The lowest BCUT2D eigenvalue weighted by atomic mass is 10.1. The quantitative estimate of drug-likeness (QED) is 0.826. The first-order valence-electron chi connectivity index (χ1n) is 6.56. The summed E-state index contributed by atoms with van der Waals surface area (Å²) in [4.78, 5) is 11.8. The van der Waals surface area contributed by atoms with E-state index in [9.17, 15) is 4.79 Å². The molecule has 1 amide bonds. The zero-order valence-corrected chi connectivity index (χ0v) is 14.5. The predicted molar refractivity (Wildman–Crippen MR) is 91.8 cm³/mol. The lowest BCUT2D eigenvalue weighted by Gasteiger charge is -2.22. The molecule has 0 aromatic heterocycles. The van der Waals surface area contributed by atoms with Gasteiger partial charge in [-0.3, -0.25) is 4.79 Å². The molecule has 0 radical (unpaired) electrons. The summed E-state index contributed by atoms with van der Waals surface area (Å²) in [5.74, 6) is 2.35. The number of benzene rings is 1. The maximum absolute atomic E-state index is 11.8. The highest BCUT2D eigenvalue weighted by Crippen LogP contribution is 2.11. The van der Waals surface area contributed by atoms with Crippen molar-refractivity contribution in [3.63, 3.8) is 0 Å². The maximum atomic E-state index is 11.8. The number of halogens is 2. The van der Waals surface area contributed by atoms with Crippen LogP contribution in [0.25, 0.3) is 0 Å². The third-order valence-electron chi connectivity index (χ3n) is 3.08. The molecule has 6 heteroatoms. The van der Waals surface area contributed by atoms with Gasteiger partial charge in [-0.15, -0.1) is 12.4 Å². The van der Waals surface area contributed by atoms with Crippen molar-refractivity contribution in [2.24, 2.45) is 0 Å². The van der Waals surface area contributed by atoms with Crippen molar-refractivity contribution in [1.82, 2.24) is 10.6 Å². The van der Waals surface area contributed by atoms with Crippen molar-refractivity contribution in [2.45, 2.75) is 18.9 Å². The second kappa shape index (κ2) is 9.66. The number of carbonyl (C=O) groups is 1. The van der Waals surface area contributed by atoms with E-state index in [0.717, 1.165) is 28.9 Å². The van der Waals surface area contributed by atoms with Gasteiger partial charge in [0.2, 0.25) is 5.91 Å². The lowest BCUT2D eigenvalue weighted by molar-refractivity contribution is -0.121. The van der Waals surface area contributed by atoms with Crippen LogP contribution in [0.15, 0.2) is 28.7 Å². The summed E-state index contributed by atoms with van der Waals surface area (Å²) in [6, 6.07) is 8.55. The Hall–Kier alpha value is -0.230. The van der Waals surface area contributed by atoms with Crippen LogP contribution in [0.4, 0.5) is 0 Å². The molecule has 0 aliphatic carbocycles. The van der Waals surface area contributed by atoms with Gasteiger partial charge in [-0.05, 0) is 24.1 Å². The van der Waals surface area contributed by atoms with Gasteiger partial charge in [0.1, 0.15) is 0 Å². The van der Waals surface area contributed by atoms with Gasteiger partial charge < -0.3 is 10.6 Å². The molecular weight excluding hydrogens is 360 g/mol. The van der Waals surface area contributed by atoms with E-state index in [1.165, 1.54) is 5.56 Å². The Balaban J connectivity index is 0.00000200. The van der Waals surface area contributed by atoms with E-state index in [2.05, 4.69) is 38.7 Å². The zero-order valence-electron chi connectivity index (χ0n) is 11.2. The van der Waals surface area contributed by atoms with Crippen molar-refractivity contribution in [3.05, 3.63) is 34.3 Å². The predicted octanol–water partition coefficient (Wildman–Crippen LogP) is 2.62. The third kappa shape index (κ3) is 6.48. The summed E-state index contributed by atoms with van der Waals surface area (Å²) in [5, 5.41) is 6.37. The largest absolute Gasteiger partial charge is 0.356 e. The molecule has 1 fully saturated rings. The number of amides is 1. The molecule has 1 unspecified atom stereocenters. The minimum Gasteiger partial charge on any atom is -0.356 e. The summed E-state index contributed by atoms with van der Waals surface area (Å²) in [6.07, 6.45) is 1.47. The average molecular weight is 380 g/mol. The molecule has 0 bridgehead atoms. The van der Waals surface area contributed by atoms with E-state index in [4.69, 9.17) is 0 Å². The van der Waals surface area contributed by atoms with E-state index in [1.54, 1.807) is 0 Å². The third-order valence-corrected chi connectivity index (χ3v) is 4.74. The van der Waals surface area contributed by atoms with Crippen molar-refractivity contribution in [3.8, 4) is 0 Å². The van der Waals surface area contributed by atoms with Gasteiger partial charge in [-0.1, -0.05) is 28.1 Å². The standard InChI is InChI=1S/C14H19BrN2OS.ClH/c15-12-3-1-11(2-4-12)5-6-17-14(18)9-13-10-19-8-7-16-13;/h1-4,13,16H,5-10H2,(H,17,18);1H. The van der Waals surface area contributed by atoms with Crippen molar-refractivity contribution >= 4 is 46.0 Å². The highest BCUT2D eigenvalue weighted by atomic mass is 79.9. The molecule has 1 aromatic rings. The Morgan fingerprint density at radius 1 is 1.40 bits per heavy atom. The second-order valence-corrected chi connectivity index (χ2v) is 6.72. The Bertz CT molecular complexity index is 410. The van der Waals surface area contributed by atoms with Crippen molar-refractivity contribution in [2.75, 3.05) is 24.6 Å². The Kier molecular flexibility index (Phi) is 8.61. The second-order valence-electron chi connectivity index (χ2n) is 4.66. The molecule has 1 saturated heterocycles. The van der Waals surface area contributed by atoms with Crippen LogP contribution in [-0.4, -0.2) is 36.5 Å². The molecule has 20 heavy (non-hydrogen) atoms. The number of rotatable bonds is 5. The van der Waals surface area contributed by atoms with Gasteiger partial charge in [0.05, 0.1) is 0 Å². The Morgan fingerprint density at radius 3 is 2.80 bits per heavy atom. The highest BCUT2D eigenvalue weighted by Gasteiger charge is 2.16. The first-order chi connectivity index (χ1) is 9.24. The lowest BCUT2D eigenvalue weighted by Crippen LogP contribution is -2.41. The molecule has 0 spiro atoms. The van der Waals surface area contributed by atoms with Gasteiger partial charge in [0.25, 0.3) is 0 Å². The highest BCUT2D eigenvalue weighted by molar-refractivity contribution is 9.10. The minimum absolute atomic E-state index is 0. The molecule has 1 aromatic carbocycles. The number of hydrogen-bond donors (Lipinski definition) is 2. The van der Waals surface area contributed by atoms with Crippen molar-refractivity contribution < 1.29 is 4.79 Å². The molecule has 1 aliphatic heterocycles. The first kappa shape index (κ1) is 17.8. The molecule has 112 valence electrons. The number of nitrogens with one attached hydrogen (secondary N) is 2. The van der Waals surface area contributed by atoms with E-state index >= 15 is 0 Å². The maximum Gasteiger partial charge on any atom is 0.221 e. The molecule has 1 aliphatic rings. The molecule has 3 nitrogen and oxygen atoms in total. The van der Waals surface area contributed by atoms with Gasteiger partial charge in [-0.2, -0.15) is 11.8 Å². The van der Waals surface area contributed by atoms with Crippen LogP contribution < -0.4 is 10.6 Å². The normalized spacial score (nSPS) is 18.1. The summed E-state index contributed by atoms with van der Waals surface area (Å²) in [6.45, 7) is 1.72. The van der Waals surface area contributed by atoms with Gasteiger partial charge in [-0.25, -0.2) is 0 Å². The van der Waals surface area contributed by atoms with Gasteiger partial charge >= 0.3 is 0 Å². The number of thioether (sulfide) groups is 1. The smallest absolute Gasteiger partial charge is 0.221 e. The average Bonchev–Trinajstić information content (AvgIpc) is 2.42. The monoisotopic (exact) mass is 378 g/mol. The molecule has 1 atom stereocenters. The molecule has 0 saturated carbocycles. The number of hydrogen-bond acceptors (Lipinski definition) is 3. The van der Waals surface area contributed by atoms with E-state index in [0.29, 0.717) is 19.0 Å². The molecule has 2 N–H and O–H groups in total.